The Morgan fingerprint density at radius 3 is 1.29 bits per heavy atom. The van der Waals surface area contributed by atoms with Crippen LogP contribution in [-0.4, -0.2) is 0 Å². The van der Waals surface area contributed by atoms with Crippen LogP contribution in [-0.2, 0) is 4.57 Å². The molecule has 0 aliphatic rings. The first-order valence-electron chi connectivity index (χ1n) is 6.83. The van der Waals surface area contributed by atoms with E-state index in [1.165, 1.54) is 0 Å². The van der Waals surface area contributed by atoms with Crippen molar-refractivity contribution in [2.75, 3.05) is 4.67 Å². The summed E-state index contributed by atoms with van der Waals surface area (Å²) >= 11 is 0. The Morgan fingerprint density at radius 1 is 0.762 bits per heavy atom. The minimum absolute atomic E-state index is 0.822. The quantitative estimate of drug-likeness (QED) is 0.838. The maximum absolute atomic E-state index is 12.6. The van der Waals surface area contributed by atoms with Gasteiger partial charge in [-0.25, -0.2) is 0 Å². The van der Waals surface area contributed by atoms with Gasteiger partial charge in [0.2, 0.25) is 0 Å². The first-order valence-corrected chi connectivity index (χ1v) is 8.63. The molecule has 2 aromatic rings. The molecule has 0 spiro atoms. The Morgan fingerprint density at radius 2 is 1.05 bits per heavy atom. The monoisotopic (exact) mass is 303 g/mol. The summed E-state index contributed by atoms with van der Waals surface area (Å²) in [7, 11) is -3.49. The number of anilines is 2. The van der Waals surface area contributed by atoms with E-state index in [2.05, 4.69) is 0 Å². The third-order valence-corrected chi connectivity index (χ3v) is 4.64. The lowest BCUT2D eigenvalue weighted by Crippen LogP contribution is -2.27. The molecule has 4 N–H and O–H groups in total. The molecule has 2 aromatic carbocycles. The molecule has 0 radical (unpaired) electrons. The average molecular weight is 303 g/mol. The number of benzene rings is 2. The zero-order valence-corrected chi connectivity index (χ0v) is 13.8. The normalized spacial score (nSPS) is 11.5. The molecule has 0 fully saturated rings. The highest BCUT2D eigenvalue weighted by molar-refractivity contribution is 7.61. The van der Waals surface area contributed by atoms with Crippen LogP contribution in [0.25, 0.3) is 0 Å². The van der Waals surface area contributed by atoms with E-state index in [0.717, 1.165) is 33.6 Å². The highest BCUT2D eigenvalue weighted by Crippen LogP contribution is 2.49. The lowest BCUT2D eigenvalue weighted by Gasteiger charge is -2.33. The van der Waals surface area contributed by atoms with Gasteiger partial charge in [-0.1, -0.05) is 36.4 Å². The van der Waals surface area contributed by atoms with Crippen molar-refractivity contribution in [1.29, 1.82) is 0 Å². The second-order valence-electron chi connectivity index (χ2n) is 5.47. The fourth-order valence-corrected chi connectivity index (χ4v) is 3.96. The maximum Gasteiger partial charge on any atom is 0.305 e. The molecule has 0 saturated heterocycles. The summed E-state index contributed by atoms with van der Waals surface area (Å²) < 4.78 is 14.2. The highest BCUT2D eigenvalue weighted by atomic mass is 31.2. The number of nitrogens with two attached hydrogens (primary N) is 2. The molecule has 0 atom stereocenters. The highest BCUT2D eigenvalue weighted by Gasteiger charge is 2.28. The van der Waals surface area contributed by atoms with Gasteiger partial charge in [-0.3, -0.25) is 20.2 Å². The molecule has 5 heteroatoms. The molecule has 4 nitrogen and oxygen atoms in total. The van der Waals surface area contributed by atoms with E-state index >= 15 is 0 Å². The number of rotatable bonds is 3. The molecule has 0 aliphatic carbocycles. The Kier molecular flexibility index (Phi) is 4.24. The topological polar surface area (TPSA) is 72.3 Å². The number of para-hydroxylation sites is 2. The fraction of sp³-hybridized carbons (Fsp3) is 0.250. The van der Waals surface area contributed by atoms with E-state index in [1.807, 2.05) is 64.1 Å². The molecule has 0 bridgehead atoms. The minimum atomic E-state index is -3.49. The lowest BCUT2D eigenvalue weighted by atomic mass is 10.1. The molecule has 0 aliphatic heterocycles. The molecular formula is C16H22N3OP. The SMILES string of the molecule is Cc1cccc(C)c1N(c1c(C)cccc1C)P(N)(N)=O. The van der Waals surface area contributed by atoms with Crippen molar-refractivity contribution in [1.82, 2.24) is 0 Å². The first-order chi connectivity index (χ1) is 9.73. The maximum atomic E-state index is 12.6. The summed E-state index contributed by atoms with van der Waals surface area (Å²) in [5.74, 6) is 0. The van der Waals surface area contributed by atoms with E-state index in [-0.39, 0.29) is 0 Å². The standard InChI is InChI=1S/C16H22N3OP/c1-11-7-5-8-12(2)15(11)19(21(17,18)20)16-13(3)9-6-10-14(16)4/h5-10H,1-4H3,(H4,17,18,20). The second-order valence-corrected chi connectivity index (χ2v) is 7.21. The van der Waals surface area contributed by atoms with Crippen molar-refractivity contribution in [3.63, 3.8) is 0 Å². The van der Waals surface area contributed by atoms with Crippen LogP contribution in [0.15, 0.2) is 36.4 Å². The van der Waals surface area contributed by atoms with Crippen LogP contribution in [0.1, 0.15) is 22.3 Å². The summed E-state index contributed by atoms with van der Waals surface area (Å²) in [6.07, 6.45) is 0. The smallest absolute Gasteiger partial charge is 0.267 e. The van der Waals surface area contributed by atoms with Crippen molar-refractivity contribution >= 4 is 19.0 Å². The van der Waals surface area contributed by atoms with Gasteiger partial charge in [0, 0.05) is 0 Å². The zero-order valence-electron chi connectivity index (χ0n) is 12.9. The van der Waals surface area contributed by atoms with E-state index in [4.69, 9.17) is 11.0 Å². The molecule has 21 heavy (non-hydrogen) atoms. The molecule has 112 valence electrons. The van der Waals surface area contributed by atoms with Crippen molar-refractivity contribution in [3.8, 4) is 0 Å². The van der Waals surface area contributed by atoms with Crippen LogP contribution in [0.4, 0.5) is 11.4 Å². The molecule has 0 amide bonds. The van der Waals surface area contributed by atoms with Crippen molar-refractivity contribution in [2.45, 2.75) is 27.7 Å². The molecule has 2 rings (SSSR count). The van der Waals surface area contributed by atoms with Crippen LogP contribution in [0.3, 0.4) is 0 Å². The largest absolute Gasteiger partial charge is 0.305 e. The van der Waals surface area contributed by atoms with Gasteiger partial charge in [0.05, 0.1) is 11.4 Å². The number of hydrogen-bond donors (Lipinski definition) is 2. The Labute approximate surface area is 126 Å². The average Bonchev–Trinajstić information content (AvgIpc) is 2.35. The van der Waals surface area contributed by atoms with Gasteiger partial charge in [0.1, 0.15) is 0 Å². The summed E-state index contributed by atoms with van der Waals surface area (Å²) in [6, 6.07) is 11.8. The third kappa shape index (κ3) is 3.03. The van der Waals surface area contributed by atoms with Gasteiger partial charge in [-0.05, 0) is 49.9 Å². The van der Waals surface area contributed by atoms with Crippen LogP contribution >= 0.6 is 7.59 Å². The van der Waals surface area contributed by atoms with Gasteiger partial charge in [0.15, 0.2) is 0 Å². The molecule has 0 saturated carbocycles. The predicted octanol–water partition coefficient (Wildman–Crippen LogP) is 4.08. The predicted molar refractivity (Wildman–Crippen MR) is 90.0 cm³/mol. The molecular weight excluding hydrogens is 281 g/mol. The Balaban J connectivity index is 2.81. The van der Waals surface area contributed by atoms with Gasteiger partial charge in [0.25, 0.3) is 0 Å². The zero-order chi connectivity index (χ0) is 15.8. The van der Waals surface area contributed by atoms with Gasteiger partial charge >= 0.3 is 7.59 Å². The third-order valence-electron chi connectivity index (χ3n) is 3.62. The fourth-order valence-electron chi connectivity index (χ4n) is 2.70. The van der Waals surface area contributed by atoms with Crippen LogP contribution < -0.4 is 15.7 Å². The summed E-state index contributed by atoms with van der Waals surface area (Å²) in [5, 5.41) is 0. The van der Waals surface area contributed by atoms with E-state index in [1.54, 1.807) is 4.67 Å². The Hall–Kier alpha value is -1.61. The lowest BCUT2D eigenvalue weighted by molar-refractivity contribution is 0.576. The number of nitrogens with zero attached hydrogens (tertiary/aromatic N) is 1. The second kappa shape index (κ2) is 5.64. The van der Waals surface area contributed by atoms with E-state index < -0.39 is 7.59 Å². The van der Waals surface area contributed by atoms with Crippen LogP contribution in [0.5, 0.6) is 0 Å². The number of hydrogen-bond acceptors (Lipinski definition) is 1. The molecule has 0 heterocycles. The van der Waals surface area contributed by atoms with Crippen LogP contribution in [0, 0.1) is 27.7 Å². The summed E-state index contributed by atoms with van der Waals surface area (Å²) in [5.41, 5.74) is 17.4. The number of aryl methyl sites for hydroxylation is 4. The van der Waals surface area contributed by atoms with Crippen molar-refractivity contribution in [2.24, 2.45) is 11.0 Å². The van der Waals surface area contributed by atoms with Crippen LogP contribution in [0.2, 0.25) is 0 Å². The van der Waals surface area contributed by atoms with Crippen molar-refractivity contribution < 1.29 is 4.57 Å². The minimum Gasteiger partial charge on any atom is -0.267 e. The van der Waals surface area contributed by atoms with E-state index in [9.17, 15) is 4.57 Å². The van der Waals surface area contributed by atoms with Gasteiger partial charge in [-0.2, -0.15) is 0 Å². The summed E-state index contributed by atoms with van der Waals surface area (Å²) in [4.78, 5) is 0. The summed E-state index contributed by atoms with van der Waals surface area (Å²) in [6.45, 7) is 7.88. The molecule has 0 unspecified atom stereocenters. The van der Waals surface area contributed by atoms with Crippen molar-refractivity contribution in [3.05, 3.63) is 58.7 Å². The Bertz CT molecular complexity index is 629. The van der Waals surface area contributed by atoms with E-state index in [0.29, 0.717) is 0 Å². The van der Waals surface area contributed by atoms with Gasteiger partial charge < -0.3 is 0 Å². The first kappa shape index (κ1) is 15.8. The molecule has 0 aromatic heterocycles. The van der Waals surface area contributed by atoms with Gasteiger partial charge in [-0.15, -0.1) is 0 Å².